The van der Waals surface area contributed by atoms with Crippen LogP contribution >= 0.6 is 15.9 Å². The van der Waals surface area contributed by atoms with Gasteiger partial charge >= 0.3 is 6.09 Å². The summed E-state index contributed by atoms with van der Waals surface area (Å²) in [5.74, 6) is 0. The van der Waals surface area contributed by atoms with E-state index in [4.69, 9.17) is 10.8 Å². The average molecular weight is 522 g/mol. The molecule has 1 aliphatic carbocycles. The smallest absolute Gasteiger partial charge is 0.405 e. The van der Waals surface area contributed by atoms with Crippen LogP contribution in [0, 0.1) is 0 Å². The fraction of sp³-hybridized carbons (Fsp3) is 0.333. The summed E-state index contributed by atoms with van der Waals surface area (Å²) >= 11 is 3.48. The highest BCUT2D eigenvalue weighted by molar-refractivity contribution is 9.10. The number of hydrogen-bond donors (Lipinski definition) is 4. The van der Waals surface area contributed by atoms with Gasteiger partial charge in [0, 0.05) is 22.3 Å². The van der Waals surface area contributed by atoms with E-state index in [-0.39, 0.29) is 16.6 Å². The lowest BCUT2D eigenvalue weighted by Crippen LogP contribution is -2.49. The van der Waals surface area contributed by atoms with Crippen LogP contribution in [-0.4, -0.2) is 40.2 Å². The number of nitrogens with zero attached hydrogens (tertiary/aromatic N) is 2. The molecule has 2 heterocycles. The summed E-state index contributed by atoms with van der Waals surface area (Å²) in [7, 11) is -3.84. The highest BCUT2D eigenvalue weighted by atomic mass is 79.9. The third-order valence-corrected chi connectivity index (χ3v) is 8.18. The first kappa shape index (κ1) is 22.4. The molecule has 4 rings (SSSR count). The number of hydrogen-bond acceptors (Lipinski definition) is 6. The van der Waals surface area contributed by atoms with Gasteiger partial charge in [-0.25, -0.2) is 22.2 Å². The van der Waals surface area contributed by atoms with E-state index in [1.54, 1.807) is 18.2 Å². The predicted octanol–water partition coefficient (Wildman–Crippen LogP) is 4.00. The van der Waals surface area contributed by atoms with Crippen LogP contribution in [0.3, 0.4) is 0 Å². The first-order valence-corrected chi connectivity index (χ1v) is 12.4. The number of nitrogens with one attached hydrogen (secondary N) is 2. The number of benzene rings is 1. The van der Waals surface area contributed by atoms with Gasteiger partial charge in [0.2, 0.25) is 0 Å². The van der Waals surface area contributed by atoms with Crippen LogP contribution in [0.5, 0.6) is 0 Å². The maximum Gasteiger partial charge on any atom is 0.405 e. The van der Waals surface area contributed by atoms with E-state index in [1.165, 1.54) is 24.5 Å². The van der Waals surface area contributed by atoms with Gasteiger partial charge in [0.1, 0.15) is 0 Å². The summed E-state index contributed by atoms with van der Waals surface area (Å²) in [5.41, 5.74) is 7.06. The Bertz CT molecular complexity index is 1270. The second-order valence-electron chi connectivity index (χ2n) is 8.29. The lowest BCUT2D eigenvalue weighted by atomic mass is 9.81. The van der Waals surface area contributed by atoms with E-state index in [0.29, 0.717) is 34.1 Å². The number of carbonyl (C=O) groups is 1. The van der Waals surface area contributed by atoms with Crippen molar-refractivity contribution in [3.63, 3.8) is 0 Å². The van der Waals surface area contributed by atoms with Gasteiger partial charge in [0.25, 0.3) is 10.0 Å². The van der Waals surface area contributed by atoms with E-state index < -0.39 is 21.7 Å². The normalized spacial score (nSPS) is 21.4. The molecule has 1 aliphatic rings. The van der Waals surface area contributed by atoms with E-state index in [0.717, 1.165) is 16.8 Å². The Morgan fingerprint density at radius 3 is 2.56 bits per heavy atom. The van der Waals surface area contributed by atoms with Gasteiger partial charge in [-0.3, -0.25) is 0 Å². The molecule has 1 amide bonds. The summed E-state index contributed by atoms with van der Waals surface area (Å²) in [5, 5.41) is 15.7. The Kier molecular flexibility index (Phi) is 5.80. The Morgan fingerprint density at radius 2 is 1.94 bits per heavy atom. The number of nitrogens with two attached hydrogens (primary N) is 1. The van der Waals surface area contributed by atoms with Gasteiger partial charge < -0.3 is 21.5 Å². The molecule has 1 saturated carbocycles. The van der Waals surface area contributed by atoms with Crippen molar-refractivity contribution in [3.8, 4) is 0 Å². The van der Waals surface area contributed by atoms with Gasteiger partial charge in [-0.2, -0.15) is 0 Å². The standard InChI is InChI=1S/C21H24BrN5O4S/c1-21(26-20(28)29)9-7-13(8-10-21)25-18-16(23)11-24-19-17(18)15(22)12-27(19)32(30,31)14-5-3-2-4-6-14/h2-6,11-13,26H,7-10,23H2,1H3,(H,24,25)(H,28,29). The highest BCUT2D eigenvalue weighted by Gasteiger charge is 2.33. The number of rotatable bonds is 5. The predicted molar refractivity (Wildman–Crippen MR) is 126 cm³/mol. The monoisotopic (exact) mass is 521 g/mol. The van der Waals surface area contributed by atoms with Crippen molar-refractivity contribution in [2.75, 3.05) is 11.1 Å². The molecule has 2 aromatic heterocycles. The molecule has 1 fully saturated rings. The average Bonchev–Trinajstić information content (AvgIpc) is 3.09. The first-order valence-electron chi connectivity index (χ1n) is 10.1. The van der Waals surface area contributed by atoms with Crippen LogP contribution in [0.1, 0.15) is 32.6 Å². The summed E-state index contributed by atoms with van der Waals surface area (Å²) in [6.45, 7) is 1.90. The zero-order valence-electron chi connectivity index (χ0n) is 17.4. The van der Waals surface area contributed by atoms with Crippen LogP contribution in [-0.2, 0) is 10.0 Å². The molecule has 0 aliphatic heterocycles. The first-order chi connectivity index (χ1) is 15.1. The van der Waals surface area contributed by atoms with E-state index >= 15 is 0 Å². The minimum absolute atomic E-state index is 0.0625. The minimum Gasteiger partial charge on any atom is -0.465 e. The molecule has 0 radical (unpaired) electrons. The van der Waals surface area contributed by atoms with Crippen molar-refractivity contribution in [2.45, 2.75) is 49.1 Å². The molecule has 1 aromatic carbocycles. The lowest BCUT2D eigenvalue weighted by molar-refractivity contribution is 0.166. The quantitative estimate of drug-likeness (QED) is 0.397. The maximum atomic E-state index is 13.2. The molecule has 3 aromatic rings. The second kappa shape index (κ2) is 8.28. The molecule has 11 heteroatoms. The topological polar surface area (TPSA) is 139 Å². The molecule has 32 heavy (non-hydrogen) atoms. The highest BCUT2D eigenvalue weighted by Crippen LogP contribution is 2.39. The van der Waals surface area contributed by atoms with Crippen LogP contribution in [0.2, 0.25) is 0 Å². The molecule has 0 atom stereocenters. The summed E-state index contributed by atoms with van der Waals surface area (Å²) in [6, 6.07) is 8.23. The molecular weight excluding hydrogens is 498 g/mol. The van der Waals surface area contributed by atoms with Crippen LogP contribution in [0.4, 0.5) is 16.2 Å². The number of nitrogen functional groups attached to an aromatic ring is 1. The number of fused-ring (bicyclic) bond motifs is 1. The van der Waals surface area contributed by atoms with Crippen molar-refractivity contribution in [1.82, 2.24) is 14.3 Å². The zero-order valence-corrected chi connectivity index (χ0v) is 19.8. The number of amides is 1. The number of carboxylic acid groups (broad SMARTS) is 1. The molecule has 9 nitrogen and oxygen atoms in total. The Labute approximate surface area is 194 Å². The lowest BCUT2D eigenvalue weighted by Gasteiger charge is -2.37. The SMILES string of the molecule is CC1(NC(=O)O)CCC(Nc2c(N)cnc3c2c(Br)cn3S(=O)(=O)c2ccccc2)CC1. The fourth-order valence-corrected chi connectivity index (χ4v) is 6.22. The Morgan fingerprint density at radius 1 is 1.28 bits per heavy atom. The molecule has 0 saturated heterocycles. The van der Waals surface area contributed by atoms with Gasteiger partial charge in [0.15, 0.2) is 5.65 Å². The number of halogens is 1. The van der Waals surface area contributed by atoms with E-state index in [1.807, 2.05) is 6.92 Å². The van der Waals surface area contributed by atoms with E-state index in [2.05, 4.69) is 31.5 Å². The van der Waals surface area contributed by atoms with Crippen LogP contribution in [0.25, 0.3) is 11.0 Å². The summed E-state index contributed by atoms with van der Waals surface area (Å²) in [6.07, 6.45) is 4.74. The maximum absolute atomic E-state index is 13.2. The van der Waals surface area contributed by atoms with Gasteiger partial charge in [-0.1, -0.05) is 18.2 Å². The van der Waals surface area contributed by atoms with Crippen LogP contribution < -0.4 is 16.4 Å². The molecule has 0 bridgehead atoms. The molecule has 0 unspecified atom stereocenters. The zero-order chi connectivity index (χ0) is 23.1. The molecule has 170 valence electrons. The van der Waals surface area contributed by atoms with Crippen molar-refractivity contribution < 1.29 is 18.3 Å². The molecule has 5 N–H and O–H groups in total. The fourth-order valence-electron chi connectivity index (χ4n) is 4.17. The summed E-state index contributed by atoms with van der Waals surface area (Å²) in [4.78, 5) is 15.5. The second-order valence-corrected chi connectivity index (χ2v) is 11.0. The minimum atomic E-state index is -3.84. The number of anilines is 2. The third kappa shape index (κ3) is 4.14. The van der Waals surface area contributed by atoms with Gasteiger partial charge in [0.05, 0.1) is 27.9 Å². The number of pyridine rings is 1. The largest absolute Gasteiger partial charge is 0.465 e. The van der Waals surface area contributed by atoms with Gasteiger partial charge in [-0.15, -0.1) is 0 Å². The molecule has 0 spiro atoms. The van der Waals surface area contributed by atoms with Crippen molar-refractivity contribution in [2.24, 2.45) is 0 Å². The van der Waals surface area contributed by atoms with E-state index in [9.17, 15) is 13.2 Å². The van der Waals surface area contributed by atoms with Gasteiger partial charge in [-0.05, 0) is 60.7 Å². The van der Waals surface area contributed by atoms with Crippen molar-refractivity contribution in [1.29, 1.82) is 0 Å². The van der Waals surface area contributed by atoms with Crippen molar-refractivity contribution in [3.05, 3.63) is 47.2 Å². The molecular formula is C21H24BrN5O4S. The summed E-state index contributed by atoms with van der Waals surface area (Å²) < 4.78 is 28.1. The Balaban J connectivity index is 1.67. The number of aromatic nitrogens is 2. The third-order valence-electron chi connectivity index (χ3n) is 5.91. The Hall–Kier alpha value is -2.79. The van der Waals surface area contributed by atoms with Crippen molar-refractivity contribution >= 4 is 54.5 Å². The van der Waals surface area contributed by atoms with Crippen LogP contribution in [0.15, 0.2) is 52.1 Å².